The Bertz CT molecular complexity index is 602. The van der Waals surface area contributed by atoms with Crippen molar-refractivity contribution in [3.63, 3.8) is 0 Å². The van der Waals surface area contributed by atoms with Gasteiger partial charge < -0.3 is 9.84 Å². The fraction of sp³-hybridized carbons (Fsp3) is 0.0833. The number of benzene rings is 1. The van der Waals surface area contributed by atoms with Gasteiger partial charge in [0.05, 0.1) is 0 Å². The van der Waals surface area contributed by atoms with Gasteiger partial charge in [-0.05, 0) is 30.7 Å². The Morgan fingerprint density at radius 2 is 2.11 bits per heavy atom. The molecule has 1 aromatic heterocycles. The van der Waals surface area contributed by atoms with Crippen LogP contribution in [0.1, 0.15) is 16.1 Å². The first-order chi connectivity index (χ1) is 8.56. The topological polar surface area (TPSA) is 72.3 Å². The number of carbonyl (C=O) groups is 1. The summed E-state index contributed by atoms with van der Waals surface area (Å²) in [5.41, 5.74) is 0.713. The van der Waals surface area contributed by atoms with Gasteiger partial charge in [0.1, 0.15) is 12.1 Å². The zero-order valence-corrected chi connectivity index (χ0v) is 10.2. The molecular formula is C12H9ClN2O3. The third-order valence-corrected chi connectivity index (χ3v) is 2.45. The van der Waals surface area contributed by atoms with E-state index < -0.39 is 5.97 Å². The predicted octanol–water partition coefficient (Wildman–Crippen LogP) is 2.93. The minimum atomic E-state index is -1.13. The van der Waals surface area contributed by atoms with E-state index in [0.717, 1.165) is 11.9 Å². The summed E-state index contributed by atoms with van der Waals surface area (Å²) in [6.07, 6.45) is 1.14. The summed E-state index contributed by atoms with van der Waals surface area (Å²) in [6.45, 7) is 1.83. The van der Waals surface area contributed by atoms with E-state index in [1.807, 2.05) is 6.92 Å². The van der Waals surface area contributed by atoms with Crippen LogP contribution in [0.5, 0.6) is 11.6 Å². The first kappa shape index (κ1) is 12.3. The molecular weight excluding hydrogens is 256 g/mol. The molecule has 5 nitrogen and oxygen atoms in total. The number of carboxylic acid groups (broad SMARTS) is 1. The molecule has 0 amide bonds. The smallest absolute Gasteiger partial charge is 0.354 e. The van der Waals surface area contributed by atoms with Gasteiger partial charge in [0.15, 0.2) is 5.69 Å². The maximum absolute atomic E-state index is 10.8. The van der Waals surface area contributed by atoms with Crippen LogP contribution >= 0.6 is 11.6 Å². The molecule has 0 unspecified atom stereocenters. The second-order valence-corrected chi connectivity index (χ2v) is 3.99. The third kappa shape index (κ3) is 2.75. The average Bonchev–Trinajstić information content (AvgIpc) is 2.33. The number of nitrogens with zero attached hydrogens (tertiary/aromatic N) is 2. The Kier molecular flexibility index (Phi) is 3.43. The van der Waals surface area contributed by atoms with Crippen LogP contribution in [0.15, 0.2) is 30.6 Å². The fourth-order valence-electron chi connectivity index (χ4n) is 1.35. The number of hydrogen-bond acceptors (Lipinski definition) is 4. The normalized spacial score (nSPS) is 10.1. The van der Waals surface area contributed by atoms with Gasteiger partial charge in [0.25, 0.3) is 0 Å². The number of aryl methyl sites for hydroxylation is 1. The molecule has 0 bridgehead atoms. The molecule has 0 aliphatic rings. The lowest BCUT2D eigenvalue weighted by atomic mass is 10.2. The Hall–Kier alpha value is -2.14. The van der Waals surface area contributed by atoms with Crippen molar-refractivity contribution in [3.8, 4) is 11.6 Å². The lowest BCUT2D eigenvalue weighted by molar-refractivity contribution is 0.0689. The summed E-state index contributed by atoms with van der Waals surface area (Å²) in [4.78, 5) is 18.2. The number of hydrogen-bond donors (Lipinski definition) is 1. The molecule has 0 aliphatic heterocycles. The van der Waals surface area contributed by atoms with Crippen LogP contribution in [0.4, 0.5) is 0 Å². The van der Waals surface area contributed by atoms with Gasteiger partial charge in [-0.2, -0.15) is 0 Å². The first-order valence-corrected chi connectivity index (χ1v) is 5.43. The van der Waals surface area contributed by atoms with E-state index in [4.69, 9.17) is 21.4 Å². The molecule has 92 valence electrons. The number of aromatic carboxylic acids is 1. The van der Waals surface area contributed by atoms with Gasteiger partial charge in [-0.15, -0.1) is 0 Å². The maximum atomic E-state index is 10.8. The summed E-state index contributed by atoms with van der Waals surface area (Å²) < 4.78 is 5.48. The van der Waals surface area contributed by atoms with E-state index in [-0.39, 0.29) is 11.6 Å². The van der Waals surface area contributed by atoms with Crippen LogP contribution in [-0.2, 0) is 0 Å². The van der Waals surface area contributed by atoms with Crippen LogP contribution in [0.3, 0.4) is 0 Å². The van der Waals surface area contributed by atoms with Crippen LogP contribution in [0.2, 0.25) is 5.02 Å². The minimum absolute atomic E-state index is 0.119. The van der Waals surface area contributed by atoms with Crippen LogP contribution in [0.25, 0.3) is 0 Å². The van der Waals surface area contributed by atoms with Gasteiger partial charge in [-0.25, -0.2) is 14.8 Å². The van der Waals surface area contributed by atoms with Crippen LogP contribution < -0.4 is 4.74 Å². The maximum Gasteiger partial charge on any atom is 0.354 e. The van der Waals surface area contributed by atoms with Crippen molar-refractivity contribution in [2.45, 2.75) is 6.92 Å². The predicted molar refractivity (Wildman–Crippen MR) is 65.3 cm³/mol. The molecule has 0 saturated carbocycles. The van der Waals surface area contributed by atoms with Crippen LogP contribution in [0, 0.1) is 6.92 Å². The van der Waals surface area contributed by atoms with E-state index in [1.54, 1.807) is 18.2 Å². The number of aromatic nitrogens is 2. The fourth-order valence-corrected chi connectivity index (χ4v) is 1.58. The van der Waals surface area contributed by atoms with Gasteiger partial charge in [0, 0.05) is 11.1 Å². The van der Waals surface area contributed by atoms with E-state index >= 15 is 0 Å². The second-order valence-electron chi connectivity index (χ2n) is 3.56. The van der Waals surface area contributed by atoms with Crippen molar-refractivity contribution in [1.82, 2.24) is 9.97 Å². The van der Waals surface area contributed by atoms with Crippen molar-refractivity contribution < 1.29 is 14.6 Å². The Balaban J connectivity index is 2.28. The number of rotatable bonds is 3. The average molecular weight is 265 g/mol. The van der Waals surface area contributed by atoms with E-state index in [2.05, 4.69) is 9.97 Å². The Labute approximate surface area is 108 Å². The van der Waals surface area contributed by atoms with Gasteiger partial charge in [-0.3, -0.25) is 0 Å². The standard InChI is InChI=1S/C12H9ClN2O3/c1-7-4-8(13)2-3-10(7)18-11-5-9(12(16)17)14-6-15-11/h2-6H,1H3,(H,16,17). The third-order valence-electron chi connectivity index (χ3n) is 2.21. The molecule has 2 aromatic rings. The highest BCUT2D eigenvalue weighted by Crippen LogP contribution is 2.26. The molecule has 0 fully saturated rings. The highest BCUT2D eigenvalue weighted by Gasteiger charge is 2.08. The van der Waals surface area contributed by atoms with Crippen molar-refractivity contribution >= 4 is 17.6 Å². The lowest BCUT2D eigenvalue weighted by Crippen LogP contribution is -2.01. The van der Waals surface area contributed by atoms with Crippen molar-refractivity contribution in [2.24, 2.45) is 0 Å². The molecule has 0 spiro atoms. The van der Waals surface area contributed by atoms with Crippen molar-refractivity contribution in [3.05, 3.63) is 46.9 Å². The van der Waals surface area contributed by atoms with E-state index in [0.29, 0.717) is 10.8 Å². The molecule has 1 heterocycles. The van der Waals surface area contributed by atoms with Gasteiger partial charge in [-0.1, -0.05) is 11.6 Å². The molecule has 2 rings (SSSR count). The molecule has 0 saturated heterocycles. The Morgan fingerprint density at radius 1 is 1.33 bits per heavy atom. The molecule has 0 atom stereocenters. The number of halogens is 1. The van der Waals surface area contributed by atoms with Gasteiger partial charge in [0.2, 0.25) is 5.88 Å². The largest absolute Gasteiger partial charge is 0.477 e. The van der Waals surface area contributed by atoms with Crippen LogP contribution in [-0.4, -0.2) is 21.0 Å². The molecule has 1 aromatic carbocycles. The minimum Gasteiger partial charge on any atom is -0.477 e. The summed E-state index contributed by atoms with van der Waals surface area (Å²) in [7, 11) is 0. The lowest BCUT2D eigenvalue weighted by Gasteiger charge is -2.07. The monoisotopic (exact) mass is 264 g/mol. The molecule has 18 heavy (non-hydrogen) atoms. The summed E-state index contributed by atoms with van der Waals surface area (Å²) >= 11 is 5.83. The first-order valence-electron chi connectivity index (χ1n) is 5.05. The number of carboxylic acids is 1. The summed E-state index contributed by atoms with van der Waals surface area (Å²) in [5, 5.41) is 9.41. The van der Waals surface area contributed by atoms with E-state index in [9.17, 15) is 4.79 Å². The zero-order chi connectivity index (χ0) is 13.1. The highest BCUT2D eigenvalue weighted by atomic mass is 35.5. The quantitative estimate of drug-likeness (QED) is 0.923. The summed E-state index contributed by atoms with van der Waals surface area (Å²) in [6, 6.07) is 6.38. The number of ether oxygens (including phenoxy) is 1. The molecule has 0 aliphatic carbocycles. The molecule has 0 radical (unpaired) electrons. The summed E-state index contributed by atoms with van der Waals surface area (Å²) in [5.74, 6) is -0.391. The Morgan fingerprint density at radius 3 is 2.78 bits per heavy atom. The van der Waals surface area contributed by atoms with Crippen molar-refractivity contribution in [2.75, 3.05) is 0 Å². The van der Waals surface area contributed by atoms with Crippen molar-refractivity contribution in [1.29, 1.82) is 0 Å². The molecule has 6 heteroatoms. The van der Waals surface area contributed by atoms with E-state index in [1.165, 1.54) is 6.07 Å². The van der Waals surface area contributed by atoms with Gasteiger partial charge >= 0.3 is 5.97 Å². The second kappa shape index (κ2) is 5.01. The SMILES string of the molecule is Cc1cc(Cl)ccc1Oc1cc(C(=O)O)ncn1. The highest BCUT2D eigenvalue weighted by molar-refractivity contribution is 6.30. The zero-order valence-electron chi connectivity index (χ0n) is 9.42. The molecule has 1 N–H and O–H groups in total.